The molecule has 0 bridgehead atoms. The summed E-state index contributed by atoms with van der Waals surface area (Å²) >= 11 is 0. The summed E-state index contributed by atoms with van der Waals surface area (Å²) in [4.78, 5) is 48.6. The van der Waals surface area contributed by atoms with Crippen molar-refractivity contribution in [1.82, 2.24) is 14.5 Å². The van der Waals surface area contributed by atoms with E-state index in [1.165, 1.54) is 15.0 Å². The van der Waals surface area contributed by atoms with Gasteiger partial charge in [-0.25, -0.2) is 9.78 Å². The van der Waals surface area contributed by atoms with Gasteiger partial charge in [0.2, 0.25) is 0 Å². The maximum Gasteiger partial charge on any atom is 0.329 e. The number of carbonyl (C=O) groups excluding carboxylic acids is 2. The number of nitrogens with zero attached hydrogens (tertiary/aromatic N) is 5. The second-order valence-electron chi connectivity index (χ2n) is 12.1. The largest absolute Gasteiger partial charge is 0.345 e. The van der Waals surface area contributed by atoms with Crippen molar-refractivity contribution in [2.45, 2.75) is 33.1 Å². The zero-order valence-electron chi connectivity index (χ0n) is 25.8. The first-order chi connectivity index (χ1) is 20.3. The van der Waals surface area contributed by atoms with E-state index in [-0.39, 0.29) is 28.7 Å². The first-order valence-corrected chi connectivity index (χ1v) is 14.3. The van der Waals surface area contributed by atoms with E-state index in [0.29, 0.717) is 30.0 Å². The van der Waals surface area contributed by atoms with Crippen LogP contribution in [0.2, 0.25) is 0 Å². The summed E-state index contributed by atoms with van der Waals surface area (Å²) in [7, 11) is 5.08. The molecule has 9 nitrogen and oxygen atoms in total. The Morgan fingerprint density at radius 3 is 2.19 bits per heavy atom. The summed E-state index contributed by atoms with van der Waals surface area (Å²) in [5.74, 6) is 0.0645. The average Bonchev–Trinajstić information content (AvgIpc) is 3.35. The molecule has 43 heavy (non-hydrogen) atoms. The smallest absolute Gasteiger partial charge is 0.329 e. The highest BCUT2D eigenvalue weighted by atomic mass is 16.2. The van der Waals surface area contributed by atoms with E-state index >= 15 is 0 Å². The van der Waals surface area contributed by atoms with Gasteiger partial charge in [0, 0.05) is 68.6 Å². The van der Waals surface area contributed by atoms with Crippen molar-refractivity contribution in [1.29, 1.82) is 0 Å². The molecule has 0 atom stereocenters. The molecule has 0 saturated carbocycles. The molecule has 1 aliphatic rings. The molecular formula is C34H38N6O3. The van der Waals surface area contributed by atoms with Gasteiger partial charge in [-0.15, -0.1) is 0 Å². The number of aryl methyl sites for hydroxylation is 1. The minimum Gasteiger partial charge on any atom is -0.345 e. The third-order valence-electron chi connectivity index (χ3n) is 7.80. The van der Waals surface area contributed by atoms with Crippen LogP contribution < -0.4 is 20.7 Å². The molecule has 4 aromatic rings. The Labute approximate surface area is 252 Å². The summed E-state index contributed by atoms with van der Waals surface area (Å²) in [6, 6.07) is 20.9. The number of urea groups is 1. The lowest BCUT2D eigenvalue weighted by atomic mass is 9.87. The topological polar surface area (TPSA) is 90.8 Å². The molecule has 222 valence electrons. The maximum atomic E-state index is 13.6. The maximum absolute atomic E-state index is 13.6. The number of anilines is 4. The Bertz CT molecular complexity index is 1730. The number of aromatic nitrogens is 2. The lowest BCUT2D eigenvalue weighted by Gasteiger charge is -2.23. The molecule has 3 aromatic carbocycles. The van der Waals surface area contributed by atoms with Gasteiger partial charge in [-0.1, -0.05) is 45.0 Å². The molecule has 0 spiro atoms. The minimum atomic E-state index is -0.283. The zero-order valence-corrected chi connectivity index (χ0v) is 25.8. The third kappa shape index (κ3) is 5.88. The minimum absolute atomic E-state index is 0.0402. The van der Waals surface area contributed by atoms with Gasteiger partial charge in [0.05, 0.1) is 5.69 Å². The fraction of sp³-hybridized carbons (Fsp3) is 0.294. The highest BCUT2D eigenvalue weighted by Gasteiger charge is 2.32. The number of hydrogen-bond acceptors (Lipinski definition) is 5. The Hall–Kier alpha value is -4.92. The van der Waals surface area contributed by atoms with Gasteiger partial charge in [0.15, 0.2) is 5.82 Å². The lowest BCUT2D eigenvalue weighted by molar-refractivity contribution is 0.0827. The molecular weight excluding hydrogens is 540 g/mol. The monoisotopic (exact) mass is 578 g/mol. The molecule has 2 heterocycles. The van der Waals surface area contributed by atoms with Gasteiger partial charge >= 0.3 is 6.03 Å². The van der Waals surface area contributed by atoms with Crippen molar-refractivity contribution in [3.63, 3.8) is 0 Å². The first-order valence-electron chi connectivity index (χ1n) is 14.3. The molecule has 5 rings (SSSR count). The van der Waals surface area contributed by atoms with Crippen molar-refractivity contribution >= 4 is 34.8 Å². The fourth-order valence-electron chi connectivity index (χ4n) is 5.24. The van der Waals surface area contributed by atoms with Crippen molar-refractivity contribution < 1.29 is 9.59 Å². The van der Waals surface area contributed by atoms with E-state index in [1.807, 2.05) is 42.2 Å². The van der Waals surface area contributed by atoms with E-state index in [0.717, 1.165) is 22.5 Å². The summed E-state index contributed by atoms with van der Waals surface area (Å²) in [5, 5.41) is 3.11. The number of amides is 3. The van der Waals surface area contributed by atoms with Gasteiger partial charge in [0.1, 0.15) is 0 Å². The van der Waals surface area contributed by atoms with Crippen molar-refractivity contribution in [3.8, 4) is 11.3 Å². The van der Waals surface area contributed by atoms with Gasteiger partial charge in [-0.3, -0.25) is 19.4 Å². The zero-order chi connectivity index (χ0) is 31.1. The predicted molar refractivity (Wildman–Crippen MR) is 173 cm³/mol. The molecule has 0 aliphatic carbocycles. The number of rotatable bonds is 6. The van der Waals surface area contributed by atoms with E-state index in [9.17, 15) is 14.4 Å². The molecule has 1 N–H and O–H groups in total. The predicted octanol–water partition coefficient (Wildman–Crippen LogP) is 5.95. The summed E-state index contributed by atoms with van der Waals surface area (Å²) in [5.41, 5.74) is 6.17. The molecule has 0 radical (unpaired) electrons. The second kappa shape index (κ2) is 11.4. The van der Waals surface area contributed by atoms with Crippen LogP contribution in [0.4, 0.5) is 27.7 Å². The van der Waals surface area contributed by atoms with E-state index in [1.54, 1.807) is 56.5 Å². The van der Waals surface area contributed by atoms with Crippen LogP contribution in [0.25, 0.3) is 11.3 Å². The molecule has 1 aliphatic heterocycles. The SMILES string of the molecule is Cc1c(-c2cn(C)c(=O)c(Nc3ccc(C(=O)N(C)C)cc3)n2)cccc1N1CCN(c2ccc(C(C)(C)C)cc2)C1=O. The number of nitrogens with one attached hydrogen (secondary N) is 1. The molecule has 9 heteroatoms. The van der Waals surface area contributed by atoms with Crippen molar-refractivity contribution in [2.75, 3.05) is 42.3 Å². The summed E-state index contributed by atoms with van der Waals surface area (Å²) in [6.45, 7) is 9.63. The second-order valence-corrected chi connectivity index (χ2v) is 12.1. The standard InChI is InChI=1S/C34H38N6O3/c1-22-27(28-21-38(7)32(42)30(36-28)35-25-15-11-23(12-16-25)31(41)37(5)6)9-8-10-29(22)40-20-19-39(33(40)43)26-17-13-24(14-18-26)34(2,3)4/h8-18,21H,19-20H2,1-7H3,(H,35,36). The van der Waals surface area contributed by atoms with Crippen LogP contribution in [0.5, 0.6) is 0 Å². The van der Waals surface area contributed by atoms with Gasteiger partial charge < -0.3 is 14.8 Å². The van der Waals surface area contributed by atoms with Crippen molar-refractivity contribution in [3.05, 3.63) is 100.0 Å². The quantitative estimate of drug-likeness (QED) is 0.306. The van der Waals surface area contributed by atoms with Crippen LogP contribution in [0, 0.1) is 6.92 Å². The van der Waals surface area contributed by atoms with E-state index in [4.69, 9.17) is 0 Å². The van der Waals surface area contributed by atoms with Gasteiger partial charge in [0.25, 0.3) is 11.5 Å². The van der Waals surface area contributed by atoms with Crippen LogP contribution in [0.3, 0.4) is 0 Å². The highest BCUT2D eigenvalue weighted by molar-refractivity contribution is 6.07. The Kier molecular flexibility index (Phi) is 7.84. The van der Waals surface area contributed by atoms with Crippen LogP contribution in [-0.2, 0) is 12.5 Å². The van der Waals surface area contributed by atoms with Crippen LogP contribution in [0.1, 0.15) is 42.3 Å². The Morgan fingerprint density at radius 2 is 1.56 bits per heavy atom. The number of carbonyl (C=O) groups is 2. The van der Waals surface area contributed by atoms with E-state index in [2.05, 4.69) is 43.2 Å². The highest BCUT2D eigenvalue weighted by Crippen LogP contribution is 2.34. The average molecular weight is 579 g/mol. The number of benzene rings is 3. The summed E-state index contributed by atoms with van der Waals surface area (Å²) in [6.07, 6.45) is 1.70. The van der Waals surface area contributed by atoms with Crippen LogP contribution >= 0.6 is 0 Å². The number of hydrogen-bond donors (Lipinski definition) is 1. The Balaban J connectivity index is 1.41. The molecule has 3 amide bonds. The van der Waals surface area contributed by atoms with Crippen LogP contribution in [0.15, 0.2) is 77.7 Å². The molecule has 1 aromatic heterocycles. The Morgan fingerprint density at radius 1 is 0.907 bits per heavy atom. The fourth-order valence-corrected chi connectivity index (χ4v) is 5.24. The molecule has 0 unspecified atom stereocenters. The molecule has 1 saturated heterocycles. The van der Waals surface area contributed by atoms with E-state index < -0.39 is 0 Å². The first kappa shape index (κ1) is 29.6. The van der Waals surface area contributed by atoms with Gasteiger partial charge in [-0.2, -0.15) is 0 Å². The summed E-state index contributed by atoms with van der Waals surface area (Å²) < 4.78 is 1.49. The normalized spacial score (nSPS) is 13.4. The third-order valence-corrected chi connectivity index (χ3v) is 7.80. The molecule has 1 fully saturated rings. The van der Waals surface area contributed by atoms with Gasteiger partial charge in [-0.05, 0) is 65.9 Å². The van der Waals surface area contributed by atoms with Crippen molar-refractivity contribution in [2.24, 2.45) is 7.05 Å². The lowest BCUT2D eigenvalue weighted by Crippen LogP contribution is -2.32. The van der Waals surface area contributed by atoms with Crippen LogP contribution in [-0.4, -0.2) is 53.6 Å².